The second kappa shape index (κ2) is 7.67. The van der Waals surface area contributed by atoms with Crippen molar-refractivity contribution in [3.8, 4) is 0 Å². The minimum absolute atomic E-state index is 0.133. The lowest BCUT2D eigenvalue weighted by Crippen LogP contribution is -2.15. The molecular weight excluding hydrogens is 340 g/mol. The highest BCUT2D eigenvalue weighted by molar-refractivity contribution is 7.15. The van der Waals surface area contributed by atoms with Crippen LogP contribution in [-0.4, -0.2) is 31.6 Å². The summed E-state index contributed by atoms with van der Waals surface area (Å²) >= 11 is 1.30. The van der Waals surface area contributed by atoms with E-state index < -0.39 is 0 Å². The first-order valence-corrected chi connectivity index (χ1v) is 8.39. The Hall–Kier alpha value is -3.07. The fourth-order valence-electron chi connectivity index (χ4n) is 2.13. The Morgan fingerprint density at radius 1 is 1.24 bits per heavy atom. The van der Waals surface area contributed by atoms with Crippen LogP contribution < -0.4 is 10.6 Å². The molecule has 128 valence electrons. The molecule has 25 heavy (non-hydrogen) atoms. The Morgan fingerprint density at radius 3 is 2.84 bits per heavy atom. The van der Waals surface area contributed by atoms with Gasteiger partial charge in [0.25, 0.3) is 5.91 Å². The van der Waals surface area contributed by atoms with Gasteiger partial charge in [0, 0.05) is 36.6 Å². The number of carbonyl (C=O) groups is 2. The highest BCUT2D eigenvalue weighted by Gasteiger charge is 2.10. The molecule has 2 aromatic heterocycles. The van der Waals surface area contributed by atoms with Gasteiger partial charge in [-0.05, 0) is 25.1 Å². The summed E-state index contributed by atoms with van der Waals surface area (Å²) < 4.78 is 1.83. The molecule has 3 rings (SSSR count). The maximum Gasteiger partial charge on any atom is 0.257 e. The Morgan fingerprint density at radius 2 is 2.12 bits per heavy atom. The van der Waals surface area contributed by atoms with Gasteiger partial charge >= 0.3 is 0 Å². The van der Waals surface area contributed by atoms with E-state index in [0.717, 1.165) is 5.01 Å². The Balaban J connectivity index is 1.58. The maximum absolute atomic E-state index is 12.2. The van der Waals surface area contributed by atoms with E-state index in [0.29, 0.717) is 29.3 Å². The summed E-state index contributed by atoms with van der Waals surface area (Å²) in [5.41, 5.74) is 0.997. The van der Waals surface area contributed by atoms with Gasteiger partial charge in [-0.1, -0.05) is 17.4 Å². The molecule has 2 amide bonds. The zero-order valence-corrected chi connectivity index (χ0v) is 14.3. The SMILES string of the molecule is Cc1nnc(NC(=O)c2cccc(NC(=O)CCn3ccnc3)c2)s1. The van der Waals surface area contributed by atoms with Gasteiger partial charge in [-0.2, -0.15) is 0 Å². The number of nitrogens with zero attached hydrogens (tertiary/aromatic N) is 4. The van der Waals surface area contributed by atoms with Crippen LogP contribution in [0.3, 0.4) is 0 Å². The van der Waals surface area contributed by atoms with Crippen LogP contribution in [0.2, 0.25) is 0 Å². The number of carbonyl (C=O) groups excluding carboxylic acids is 2. The molecule has 9 heteroatoms. The van der Waals surface area contributed by atoms with Crippen molar-refractivity contribution in [1.82, 2.24) is 19.7 Å². The number of benzene rings is 1. The average molecular weight is 356 g/mol. The zero-order chi connectivity index (χ0) is 17.6. The highest BCUT2D eigenvalue weighted by Crippen LogP contribution is 2.17. The van der Waals surface area contributed by atoms with E-state index in [-0.39, 0.29) is 11.8 Å². The fourth-order valence-corrected chi connectivity index (χ4v) is 2.71. The van der Waals surface area contributed by atoms with Gasteiger partial charge in [-0.3, -0.25) is 14.9 Å². The van der Waals surface area contributed by atoms with E-state index in [9.17, 15) is 9.59 Å². The molecule has 0 saturated heterocycles. The number of anilines is 2. The molecule has 0 fully saturated rings. The topological polar surface area (TPSA) is 102 Å². The number of rotatable bonds is 6. The normalized spacial score (nSPS) is 10.4. The Bertz CT molecular complexity index is 874. The molecule has 0 atom stereocenters. The maximum atomic E-state index is 12.2. The van der Waals surface area contributed by atoms with Crippen LogP contribution in [0.25, 0.3) is 0 Å². The lowest BCUT2D eigenvalue weighted by Gasteiger charge is -2.07. The highest BCUT2D eigenvalue weighted by atomic mass is 32.1. The van der Waals surface area contributed by atoms with Crippen molar-refractivity contribution in [1.29, 1.82) is 0 Å². The molecule has 2 N–H and O–H groups in total. The van der Waals surface area contributed by atoms with Gasteiger partial charge < -0.3 is 9.88 Å². The second-order valence-corrected chi connectivity index (χ2v) is 6.44. The third-order valence-electron chi connectivity index (χ3n) is 3.31. The number of imidazole rings is 1. The average Bonchev–Trinajstić information content (AvgIpc) is 3.25. The molecule has 0 aliphatic carbocycles. The van der Waals surface area contributed by atoms with Crippen LogP contribution in [0, 0.1) is 6.92 Å². The molecule has 8 nitrogen and oxygen atoms in total. The Labute approximate surface area is 147 Å². The summed E-state index contributed by atoms with van der Waals surface area (Å²) in [6, 6.07) is 6.75. The van der Waals surface area contributed by atoms with Gasteiger partial charge in [0.15, 0.2) is 0 Å². The van der Waals surface area contributed by atoms with Crippen molar-refractivity contribution in [2.24, 2.45) is 0 Å². The Kier molecular flexibility index (Phi) is 5.14. The van der Waals surface area contributed by atoms with E-state index >= 15 is 0 Å². The van der Waals surface area contributed by atoms with E-state index in [1.54, 1.807) is 43.0 Å². The smallest absolute Gasteiger partial charge is 0.257 e. The monoisotopic (exact) mass is 356 g/mol. The summed E-state index contributed by atoms with van der Waals surface area (Å²) in [4.78, 5) is 28.2. The van der Waals surface area contributed by atoms with Crippen LogP contribution in [0.1, 0.15) is 21.8 Å². The van der Waals surface area contributed by atoms with E-state index in [4.69, 9.17) is 0 Å². The number of amides is 2. The number of aryl methyl sites for hydroxylation is 2. The van der Waals surface area contributed by atoms with Crippen LogP contribution in [0.5, 0.6) is 0 Å². The predicted octanol–water partition coefficient (Wildman–Crippen LogP) is 2.32. The molecule has 0 radical (unpaired) electrons. The van der Waals surface area contributed by atoms with Gasteiger partial charge in [-0.15, -0.1) is 10.2 Å². The summed E-state index contributed by atoms with van der Waals surface area (Å²) in [6.07, 6.45) is 5.44. The fraction of sp³-hybridized carbons (Fsp3) is 0.188. The van der Waals surface area contributed by atoms with Crippen molar-refractivity contribution in [3.05, 3.63) is 53.6 Å². The second-order valence-electron chi connectivity index (χ2n) is 5.26. The number of nitrogens with one attached hydrogen (secondary N) is 2. The summed E-state index contributed by atoms with van der Waals surface area (Å²) in [5.74, 6) is -0.434. The molecule has 0 saturated carbocycles. The van der Waals surface area contributed by atoms with Crippen molar-refractivity contribution in [2.45, 2.75) is 19.9 Å². The van der Waals surface area contributed by atoms with Crippen molar-refractivity contribution >= 4 is 34.0 Å². The molecule has 0 aliphatic rings. The first-order chi connectivity index (χ1) is 12.1. The lowest BCUT2D eigenvalue weighted by molar-refractivity contribution is -0.116. The lowest BCUT2D eigenvalue weighted by atomic mass is 10.2. The molecule has 0 unspecified atom stereocenters. The van der Waals surface area contributed by atoms with Crippen molar-refractivity contribution in [2.75, 3.05) is 10.6 Å². The summed E-state index contributed by atoms with van der Waals surface area (Å²) in [6.45, 7) is 2.36. The van der Waals surface area contributed by atoms with E-state index in [1.807, 2.05) is 11.5 Å². The van der Waals surface area contributed by atoms with Gasteiger partial charge in [0.05, 0.1) is 6.33 Å². The van der Waals surface area contributed by atoms with Crippen LogP contribution >= 0.6 is 11.3 Å². The number of hydrogen-bond acceptors (Lipinski definition) is 6. The largest absolute Gasteiger partial charge is 0.337 e. The van der Waals surface area contributed by atoms with Gasteiger partial charge in [0.2, 0.25) is 11.0 Å². The van der Waals surface area contributed by atoms with E-state index in [1.165, 1.54) is 11.3 Å². The summed E-state index contributed by atoms with van der Waals surface area (Å²) in [7, 11) is 0. The number of aromatic nitrogens is 4. The van der Waals surface area contributed by atoms with Crippen LogP contribution in [0.15, 0.2) is 43.0 Å². The molecule has 3 aromatic rings. The van der Waals surface area contributed by atoms with Gasteiger partial charge in [-0.25, -0.2) is 4.98 Å². The third kappa shape index (κ3) is 4.70. The minimum atomic E-state index is -0.300. The quantitative estimate of drug-likeness (QED) is 0.706. The molecule has 0 aliphatic heterocycles. The first-order valence-electron chi connectivity index (χ1n) is 7.57. The van der Waals surface area contributed by atoms with Gasteiger partial charge in [0.1, 0.15) is 5.01 Å². The third-order valence-corrected chi connectivity index (χ3v) is 4.07. The molecule has 0 spiro atoms. The van der Waals surface area contributed by atoms with Crippen LogP contribution in [-0.2, 0) is 11.3 Å². The molecular formula is C16H16N6O2S. The van der Waals surface area contributed by atoms with Crippen LogP contribution in [0.4, 0.5) is 10.8 Å². The van der Waals surface area contributed by atoms with Crippen molar-refractivity contribution in [3.63, 3.8) is 0 Å². The molecule has 2 heterocycles. The standard InChI is InChI=1S/C16H16N6O2S/c1-11-20-21-16(25-11)19-15(24)12-3-2-4-13(9-12)18-14(23)5-7-22-8-6-17-10-22/h2-4,6,8-10H,5,7H2,1H3,(H,18,23)(H,19,21,24). The minimum Gasteiger partial charge on any atom is -0.337 e. The zero-order valence-electron chi connectivity index (χ0n) is 13.5. The first kappa shape index (κ1) is 16.8. The predicted molar refractivity (Wildman–Crippen MR) is 94.5 cm³/mol. The van der Waals surface area contributed by atoms with E-state index in [2.05, 4.69) is 25.8 Å². The van der Waals surface area contributed by atoms with Crippen molar-refractivity contribution < 1.29 is 9.59 Å². The molecule has 0 bridgehead atoms. The summed E-state index contributed by atoms with van der Waals surface area (Å²) in [5, 5.41) is 14.4. The number of hydrogen-bond donors (Lipinski definition) is 2. The molecule has 1 aromatic carbocycles.